The SMILES string of the molecule is Cc1c(C(=O)N[C@@H](C)CC2CC(OC(=N)/C(C(N)=O)=C3/C=CC=CN3)C2)cnn1-c1ccc(C(F)(F)F)cn1. The van der Waals surface area contributed by atoms with Crippen molar-refractivity contribution in [2.24, 2.45) is 11.7 Å². The highest BCUT2D eigenvalue weighted by Gasteiger charge is 2.34. The number of ether oxygens (including phenoxy) is 1. The summed E-state index contributed by atoms with van der Waals surface area (Å²) < 4.78 is 45.4. The number of dihydropyridines is 1. The van der Waals surface area contributed by atoms with Crippen molar-refractivity contribution in [1.29, 1.82) is 5.41 Å². The summed E-state index contributed by atoms with van der Waals surface area (Å²) in [6.07, 6.45) is 6.05. The average molecular weight is 544 g/mol. The molecule has 1 saturated carbocycles. The summed E-state index contributed by atoms with van der Waals surface area (Å²) in [5.41, 5.74) is 5.69. The van der Waals surface area contributed by atoms with Crippen LogP contribution >= 0.6 is 0 Å². The van der Waals surface area contributed by atoms with Crippen LogP contribution in [0.4, 0.5) is 13.2 Å². The number of primary amides is 1. The number of carbonyl (C=O) groups is 2. The van der Waals surface area contributed by atoms with Crippen LogP contribution in [0.25, 0.3) is 5.82 Å². The van der Waals surface area contributed by atoms with Crippen LogP contribution in [-0.4, -0.2) is 44.6 Å². The first kappa shape index (κ1) is 27.6. The molecule has 39 heavy (non-hydrogen) atoms. The summed E-state index contributed by atoms with van der Waals surface area (Å²) in [4.78, 5) is 28.5. The summed E-state index contributed by atoms with van der Waals surface area (Å²) in [5.74, 6) is -0.988. The number of aromatic nitrogens is 3. The Morgan fingerprint density at radius 3 is 2.62 bits per heavy atom. The minimum absolute atomic E-state index is 0.0258. The molecule has 0 spiro atoms. The number of carbonyl (C=O) groups excluding carboxylic acids is 2. The van der Waals surface area contributed by atoms with Crippen LogP contribution in [-0.2, 0) is 15.7 Å². The Balaban J connectivity index is 1.28. The van der Waals surface area contributed by atoms with Gasteiger partial charge in [0.05, 0.1) is 28.7 Å². The van der Waals surface area contributed by atoms with Crippen molar-refractivity contribution in [2.75, 3.05) is 0 Å². The van der Waals surface area contributed by atoms with E-state index in [0.717, 1.165) is 12.3 Å². The minimum atomic E-state index is -4.49. The van der Waals surface area contributed by atoms with Gasteiger partial charge in [0.1, 0.15) is 11.7 Å². The summed E-state index contributed by atoms with van der Waals surface area (Å²) in [6, 6.07) is 1.93. The second-order valence-corrected chi connectivity index (χ2v) is 9.49. The van der Waals surface area contributed by atoms with Gasteiger partial charge in [-0.15, -0.1) is 0 Å². The second-order valence-electron chi connectivity index (χ2n) is 9.49. The Labute approximate surface area is 222 Å². The van der Waals surface area contributed by atoms with Crippen LogP contribution in [0, 0.1) is 18.3 Å². The van der Waals surface area contributed by atoms with Crippen LogP contribution in [0.1, 0.15) is 47.8 Å². The molecule has 0 radical (unpaired) electrons. The van der Waals surface area contributed by atoms with E-state index in [1.165, 1.54) is 16.9 Å². The molecule has 1 fully saturated rings. The fraction of sp³-hybridized carbons (Fsp3) is 0.346. The summed E-state index contributed by atoms with van der Waals surface area (Å²) in [6.45, 7) is 3.51. The number of allylic oxidation sites excluding steroid dienone is 3. The molecule has 1 aliphatic carbocycles. The molecule has 0 aromatic carbocycles. The summed E-state index contributed by atoms with van der Waals surface area (Å²) in [7, 11) is 0. The summed E-state index contributed by atoms with van der Waals surface area (Å²) >= 11 is 0. The molecule has 13 heteroatoms. The number of nitrogens with one attached hydrogen (secondary N) is 3. The van der Waals surface area contributed by atoms with Crippen molar-refractivity contribution in [3.05, 3.63) is 77.0 Å². The molecule has 2 aromatic rings. The van der Waals surface area contributed by atoms with E-state index < -0.39 is 17.6 Å². The molecule has 4 rings (SSSR count). The normalized spacial score (nSPS) is 20.4. The molecule has 3 heterocycles. The Hall–Kier alpha value is -4.42. The predicted octanol–water partition coefficient (Wildman–Crippen LogP) is 3.29. The van der Waals surface area contributed by atoms with Gasteiger partial charge < -0.3 is 21.1 Å². The van der Waals surface area contributed by atoms with E-state index in [0.29, 0.717) is 36.2 Å². The van der Waals surface area contributed by atoms with Crippen LogP contribution < -0.4 is 16.4 Å². The minimum Gasteiger partial charge on any atom is -0.474 e. The first-order valence-corrected chi connectivity index (χ1v) is 12.2. The molecule has 1 aliphatic heterocycles. The van der Waals surface area contributed by atoms with Crippen molar-refractivity contribution in [3.8, 4) is 5.82 Å². The molecule has 2 aromatic heterocycles. The smallest absolute Gasteiger partial charge is 0.417 e. The van der Waals surface area contributed by atoms with Crippen molar-refractivity contribution in [2.45, 2.75) is 51.4 Å². The lowest BCUT2D eigenvalue weighted by molar-refractivity contribution is -0.137. The third-order valence-electron chi connectivity index (χ3n) is 6.54. The maximum Gasteiger partial charge on any atom is 0.417 e. The lowest BCUT2D eigenvalue weighted by Crippen LogP contribution is -2.40. The predicted molar refractivity (Wildman–Crippen MR) is 136 cm³/mol. The highest BCUT2D eigenvalue weighted by molar-refractivity contribution is 6.17. The van der Waals surface area contributed by atoms with Crippen molar-refractivity contribution in [3.63, 3.8) is 0 Å². The monoisotopic (exact) mass is 543 g/mol. The van der Waals surface area contributed by atoms with E-state index in [1.54, 1.807) is 31.4 Å². The first-order valence-electron chi connectivity index (χ1n) is 12.2. The highest BCUT2D eigenvalue weighted by Crippen LogP contribution is 2.34. The third kappa shape index (κ3) is 6.36. The van der Waals surface area contributed by atoms with Crippen molar-refractivity contribution in [1.82, 2.24) is 25.4 Å². The molecule has 0 bridgehead atoms. The van der Waals surface area contributed by atoms with E-state index in [4.69, 9.17) is 15.9 Å². The standard InChI is InChI=1S/C26H28F3N7O3/c1-14(9-16-10-18(11-16)39-24(31)22(23(30)37)20-5-3-4-8-32-20)35-25(38)19-13-34-36(15(19)2)21-7-6-17(12-33-21)26(27,28)29/h3-8,12-14,16,18,31-32H,9-11H2,1-2H3,(H2,30,37)(H,35,38)/b22-20-,31-24?/t14-,16?,18?/m0/s1. The van der Waals surface area contributed by atoms with Gasteiger partial charge in [-0.2, -0.15) is 18.3 Å². The van der Waals surface area contributed by atoms with E-state index in [2.05, 4.69) is 20.7 Å². The van der Waals surface area contributed by atoms with Crippen molar-refractivity contribution >= 4 is 17.7 Å². The third-order valence-corrected chi connectivity index (χ3v) is 6.54. The molecular formula is C26H28F3N7O3. The number of pyridine rings is 1. The molecule has 2 amide bonds. The fourth-order valence-electron chi connectivity index (χ4n) is 4.51. The zero-order valence-electron chi connectivity index (χ0n) is 21.2. The molecular weight excluding hydrogens is 515 g/mol. The first-order chi connectivity index (χ1) is 18.4. The molecule has 1 atom stereocenters. The molecule has 206 valence electrons. The highest BCUT2D eigenvalue weighted by atomic mass is 19.4. The van der Waals surface area contributed by atoms with Gasteiger partial charge in [0.25, 0.3) is 11.8 Å². The second kappa shape index (κ2) is 11.1. The Morgan fingerprint density at radius 1 is 1.28 bits per heavy atom. The Morgan fingerprint density at radius 2 is 2.03 bits per heavy atom. The van der Waals surface area contributed by atoms with E-state index >= 15 is 0 Å². The van der Waals surface area contributed by atoms with Gasteiger partial charge >= 0.3 is 6.18 Å². The number of hydrogen-bond donors (Lipinski definition) is 4. The number of rotatable bonds is 8. The number of nitrogens with two attached hydrogens (primary N) is 1. The number of hydrogen-bond acceptors (Lipinski definition) is 7. The number of alkyl halides is 3. The quantitative estimate of drug-likeness (QED) is 0.228. The van der Waals surface area contributed by atoms with Crippen molar-refractivity contribution < 1.29 is 27.5 Å². The maximum atomic E-state index is 12.8. The molecule has 0 unspecified atom stereocenters. The van der Waals surface area contributed by atoms with Gasteiger partial charge in [-0.25, -0.2) is 9.67 Å². The molecule has 2 aliphatic rings. The molecule has 0 saturated heterocycles. The van der Waals surface area contributed by atoms with Gasteiger partial charge in [0.2, 0.25) is 5.90 Å². The van der Waals surface area contributed by atoms with Crippen LogP contribution in [0.5, 0.6) is 0 Å². The average Bonchev–Trinajstić information content (AvgIpc) is 3.24. The maximum absolute atomic E-state index is 12.8. The lowest BCUT2D eigenvalue weighted by Gasteiger charge is -2.37. The van der Waals surface area contributed by atoms with Gasteiger partial charge in [0.15, 0.2) is 5.82 Å². The lowest BCUT2D eigenvalue weighted by atomic mass is 9.78. The Bertz CT molecular complexity index is 1350. The van der Waals surface area contributed by atoms with Crippen LogP contribution in [0.3, 0.4) is 0 Å². The van der Waals surface area contributed by atoms with E-state index in [1.807, 2.05) is 6.92 Å². The van der Waals surface area contributed by atoms with Gasteiger partial charge in [0, 0.05) is 18.4 Å². The number of amides is 2. The number of nitrogens with zero attached hydrogens (tertiary/aromatic N) is 3. The van der Waals surface area contributed by atoms with E-state index in [9.17, 15) is 22.8 Å². The van der Waals surface area contributed by atoms with Crippen LogP contribution in [0.2, 0.25) is 0 Å². The van der Waals surface area contributed by atoms with Gasteiger partial charge in [-0.1, -0.05) is 6.08 Å². The largest absolute Gasteiger partial charge is 0.474 e. The Kier molecular flexibility index (Phi) is 7.88. The number of halogens is 3. The topological polar surface area (TPSA) is 148 Å². The fourth-order valence-corrected chi connectivity index (χ4v) is 4.51. The van der Waals surface area contributed by atoms with Gasteiger partial charge in [-0.05, 0) is 63.3 Å². The zero-order valence-corrected chi connectivity index (χ0v) is 21.2. The molecule has 5 N–H and O–H groups in total. The van der Waals surface area contributed by atoms with Crippen LogP contribution in [0.15, 0.2) is 60.2 Å². The van der Waals surface area contributed by atoms with Gasteiger partial charge in [-0.3, -0.25) is 15.0 Å². The molecule has 10 nitrogen and oxygen atoms in total. The summed E-state index contributed by atoms with van der Waals surface area (Å²) in [5, 5.41) is 18.1. The zero-order chi connectivity index (χ0) is 28.3. The van der Waals surface area contributed by atoms with E-state index in [-0.39, 0.29) is 41.3 Å².